The van der Waals surface area contributed by atoms with E-state index in [0.717, 1.165) is 36.3 Å². The van der Waals surface area contributed by atoms with Crippen LogP contribution in [0.5, 0.6) is 5.75 Å². The quantitative estimate of drug-likeness (QED) is 0.531. The number of hydrogen-bond acceptors (Lipinski definition) is 3. The van der Waals surface area contributed by atoms with Crippen molar-refractivity contribution in [2.75, 3.05) is 17.2 Å². The lowest BCUT2D eigenvalue weighted by Crippen LogP contribution is -2.15. The predicted molar refractivity (Wildman–Crippen MR) is 123 cm³/mol. The number of benzene rings is 3. The zero-order chi connectivity index (χ0) is 21.6. The maximum Gasteiger partial charge on any atom is 0.255 e. The summed E-state index contributed by atoms with van der Waals surface area (Å²) in [7, 11) is 0. The van der Waals surface area contributed by atoms with Gasteiger partial charge in [0.1, 0.15) is 5.75 Å². The molecule has 5 heteroatoms. The maximum atomic E-state index is 12.6. The van der Waals surface area contributed by atoms with E-state index in [-0.39, 0.29) is 17.7 Å². The molecule has 31 heavy (non-hydrogen) atoms. The summed E-state index contributed by atoms with van der Waals surface area (Å²) >= 11 is 0. The number of carbonyl (C=O) groups is 2. The molecule has 0 atom stereocenters. The Balaban J connectivity index is 1.32. The molecule has 1 aliphatic rings. The van der Waals surface area contributed by atoms with Gasteiger partial charge in [-0.25, -0.2) is 0 Å². The van der Waals surface area contributed by atoms with E-state index in [4.69, 9.17) is 4.74 Å². The molecule has 1 aliphatic carbocycles. The SMILES string of the molecule is Cc1ccc(NC(=O)c2ccc(OCCc3ccccc3)cc2)cc1NC(=O)C1CC1. The molecule has 5 nitrogen and oxygen atoms in total. The van der Waals surface area contributed by atoms with Crippen LogP contribution < -0.4 is 15.4 Å². The largest absolute Gasteiger partial charge is 0.493 e. The van der Waals surface area contributed by atoms with Crippen LogP contribution in [-0.4, -0.2) is 18.4 Å². The molecule has 1 saturated carbocycles. The van der Waals surface area contributed by atoms with Crippen LogP contribution in [-0.2, 0) is 11.2 Å². The molecule has 1 fully saturated rings. The highest BCUT2D eigenvalue weighted by Gasteiger charge is 2.29. The summed E-state index contributed by atoms with van der Waals surface area (Å²) < 4.78 is 5.78. The molecule has 0 unspecified atom stereocenters. The Morgan fingerprint density at radius 2 is 1.68 bits per heavy atom. The lowest BCUT2D eigenvalue weighted by atomic mass is 10.1. The van der Waals surface area contributed by atoms with Crippen molar-refractivity contribution in [2.45, 2.75) is 26.2 Å². The lowest BCUT2D eigenvalue weighted by Gasteiger charge is -2.12. The van der Waals surface area contributed by atoms with E-state index < -0.39 is 0 Å². The molecule has 158 valence electrons. The first-order chi connectivity index (χ1) is 15.1. The van der Waals surface area contributed by atoms with Crippen molar-refractivity contribution in [3.05, 3.63) is 89.5 Å². The molecule has 0 spiro atoms. The van der Waals surface area contributed by atoms with E-state index in [0.29, 0.717) is 17.9 Å². The topological polar surface area (TPSA) is 67.4 Å². The smallest absolute Gasteiger partial charge is 0.255 e. The van der Waals surface area contributed by atoms with Crippen molar-refractivity contribution >= 4 is 23.2 Å². The van der Waals surface area contributed by atoms with Gasteiger partial charge in [0.15, 0.2) is 0 Å². The van der Waals surface area contributed by atoms with Gasteiger partial charge in [-0.3, -0.25) is 9.59 Å². The lowest BCUT2D eigenvalue weighted by molar-refractivity contribution is -0.117. The van der Waals surface area contributed by atoms with Gasteiger partial charge < -0.3 is 15.4 Å². The Bertz CT molecular complexity index is 1060. The summed E-state index contributed by atoms with van der Waals surface area (Å²) in [6.45, 7) is 2.51. The Kier molecular flexibility index (Phi) is 6.32. The number of hydrogen-bond donors (Lipinski definition) is 2. The van der Waals surface area contributed by atoms with E-state index >= 15 is 0 Å². The van der Waals surface area contributed by atoms with Crippen LogP contribution in [0.1, 0.15) is 34.3 Å². The Morgan fingerprint density at radius 1 is 0.935 bits per heavy atom. The summed E-state index contributed by atoms with van der Waals surface area (Å²) in [6.07, 6.45) is 2.73. The number of carbonyl (C=O) groups excluding carboxylic acids is 2. The van der Waals surface area contributed by atoms with Crippen LogP contribution in [0.15, 0.2) is 72.8 Å². The van der Waals surface area contributed by atoms with Gasteiger partial charge in [-0.2, -0.15) is 0 Å². The number of amides is 2. The molecule has 0 aliphatic heterocycles. The van der Waals surface area contributed by atoms with Gasteiger partial charge in [0.2, 0.25) is 5.91 Å². The average molecular weight is 415 g/mol. The van der Waals surface area contributed by atoms with Crippen molar-refractivity contribution in [2.24, 2.45) is 5.92 Å². The van der Waals surface area contributed by atoms with Gasteiger partial charge in [0, 0.05) is 29.3 Å². The third-order valence-corrected chi connectivity index (χ3v) is 5.32. The Labute approximate surface area is 182 Å². The minimum absolute atomic E-state index is 0.0504. The first kappa shape index (κ1) is 20.7. The molecule has 2 N–H and O–H groups in total. The van der Waals surface area contributed by atoms with Gasteiger partial charge in [-0.15, -0.1) is 0 Å². The van der Waals surface area contributed by atoms with Crippen LogP contribution in [0.4, 0.5) is 11.4 Å². The molecule has 0 heterocycles. The highest BCUT2D eigenvalue weighted by Crippen LogP contribution is 2.31. The van der Waals surface area contributed by atoms with Crippen LogP contribution in [0.25, 0.3) is 0 Å². The van der Waals surface area contributed by atoms with E-state index in [2.05, 4.69) is 22.8 Å². The third-order valence-electron chi connectivity index (χ3n) is 5.32. The van der Waals surface area contributed by atoms with Crippen LogP contribution in [0.2, 0.25) is 0 Å². The zero-order valence-corrected chi connectivity index (χ0v) is 17.6. The molecule has 0 saturated heterocycles. The molecule has 0 aromatic heterocycles. The van der Waals surface area contributed by atoms with Crippen molar-refractivity contribution in [3.8, 4) is 5.75 Å². The van der Waals surface area contributed by atoms with E-state index in [9.17, 15) is 9.59 Å². The fourth-order valence-electron chi connectivity index (χ4n) is 3.25. The van der Waals surface area contributed by atoms with Gasteiger partial charge >= 0.3 is 0 Å². The van der Waals surface area contributed by atoms with Crippen molar-refractivity contribution in [1.29, 1.82) is 0 Å². The first-order valence-electron chi connectivity index (χ1n) is 10.6. The number of aryl methyl sites for hydroxylation is 1. The maximum absolute atomic E-state index is 12.6. The monoisotopic (exact) mass is 414 g/mol. The minimum atomic E-state index is -0.209. The van der Waals surface area contributed by atoms with Crippen LogP contribution in [0.3, 0.4) is 0 Å². The molecule has 0 bridgehead atoms. The molecule has 4 rings (SSSR count). The van der Waals surface area contributed by atoms with Crippen molar-refractivity contribution < 1.29 is 14.3 Å². The highest BCUT2D eigenvalue weighted by atomic mass is 16.5. The van der Waals surface area contributed by atoms with E-state index in [1.165, 1.54) is 5.56 Å². The molecule has 3 aromatic rings. The Hall–Kier alpha value is -3.60. The van der Waals surface area contributed by atoms with E-state index in [1.54, 1.807) is 30.3 Å². The van der Waals surface area contributed by atoms with Crippen molar-refractivity contribution in [3.63, 3.8) is 0 Å². The predicted octanol–water partition coefficient (Wildman–Crippen LogP) is 5.22. The molecule has 2 amide bonds. The fraction of sp³-hybridized carbons (Fsp3) is 0.231. The number of rotatable bonds is 8. The van der Waals surface area contributed by atoms with Crippen LogP contribution in [0, 0.1) is 12.8 Å². The van der Waals surface area contributed by atoms with Gasteiger partial charge in [0.25, 0.3) is 5.91 Å². The average Bonchev–Trinajstić information content (AvgIpc) is 3.63. The summed E-state index contributed by atoms with van der Waals surface area (Å²) in [5.41, 5.74) is 4.11. The summed E-state index contributed by atoms with van der Waals surface area (Å²) in [4.78, 5) is 24.7. The fourth-order valence-corrected chi connectivity index (χ4v) is 3.25. The Morgan fingerprint density at radius 3 is 2.39 bits per heavy atom. The minimum Gasteiger partial charge on any atom is -0.493 e. The van der Waals surface area contributed by atoms with Crippen molar-refractivity contribution in [1.82, 2.24) is 0 Å². The summed E-state index contributed by atoms with van der Waals surface area (Å²) in [5, 5.41) is 5.85. The second kappa shape index (κ2) is 9.47. The molecule has 0 radical (unpaired) electrons. The standard InChI is InChI=1S/C26H26N2O3/c1-18-7-12-22(17-24(18)28-26(30)20-8-9-20)27-25(29)21-10-13-23(14-11-21)31-16-15-19-5-3-2-4-6-19/h2-7,10-14,17,20H,8-9,15-16H2,1H3,(H,27,29)(H,28,30). The third kappa shape index (κ3) is 5.72. The van der Waals surface area contributed by atoms with Crippen LogP contribution >= 0.6 is 0 Å². The molecule has 3 aromatic carbocycles. The summed E-state index contributed by atoms with van der Waals surface area (Å²) in [5.74, 6) is 0.701. The second-order valence-electron chi connectivity index (χ2n) is 7.86. The number of nitrogens with one attached hydrogen (secondary N) is 2. The molecular formula is C26H26N2O3. The van der Waals surface area contributed by atoms with Gasteiger partial charge in [0.05, 0.1) is 6.61 Å². The summed E-state index contributed by atoms with van der Waals surface area (Å²) in [6, 6.07) is 22.8. The number of ether oxygens (including phenoxy) is 1. The first-order valence-corrected chi connectivity index (χ1v) is 10.6. The van der Waals surface area contributed by atoms with E-state index in [1.807, 2.05) is 37.3 Å². The zero-order valence-electron chi connectivity index (χ0n) is 17.6. The van der Waals surface area contributed by atoms with Gasteiger partial charge in [-0.05, 0) is 67.3 Å². The van der Waals surface area contributed by atoms with Gasteiger partial charge in [-0.1, -0.05) is 36.4 Å². The second-order valence-corrected chi connectivity index (χ2v) is 7.86. The highest BCUT2D eigenvalue weighted by molar-refractivity contribution is 6.05. The normalized spacial score (nSPS) is 12.8. The number of anilines is 2. The molecular weight excluding hydrogens is 388 g/mol.